The van der Waals surface area contributed by atoms with Gasteiger partial charge < -0.3 is 19.7 Å². The Morgan fingerprint density at radius 3 is 2.92 bits per heavy atom. The van der Waals surface area contributed by atoms with E-state index in [0.717, 1.165) is 56.6 Å². The maximum absolute atomic E-state index is 12.6. The molecule has 2 N–H and O–H groups in total. The Balaban J connectivity index is 1.27. The van der Waals surface area contributed by atoms with E-state index in [4.69, 9.17) is 9.72 Å². The molecule has 2 atom stereocenters. The summed E-state index contributed by atoms with van der Waals surface area (Å²) in [7, 11) is 0. The first-order chi connectivity index (χ1) is 17.4. The summed E-state index contributed by atoms with van der Waals surface area (Å²) in [6, 6.07) is 8.44. The van der Waals surface area contributed by atoms with E-state index in [0.29, 0.717) is 37.9 Å². The Kier molecular flexibility index (Phi) is 9.15. The number of pyridine rings is 2. The lowest BCUT2D eigenvalue weighted by Crippen LogP contribution is -2.37. The van der Waals surface area contributed by atoms with Gasteiger partial charge in [0.1, 0.15) is 11.9 Å². The second-order valence-electron chi connectivity index (χ2n) is 10.4. The fraction of sp³-hybridized carbons (Fsp3) is 0.607. The number of nitrogens with one attached hydrogen (secondary N) is 1. The maximum Gasteiger partial charge on any atom is 0.327 e. The summed E-state index contributed by atoms with van der Waals surface area (Å²) in [6.45, 7) is 7.59. The molecule has 0 bridgehead atoms. The lowest BCUT2D eigenvalue weighted by Gasteiger charge is -2.27. The number of carboxylic acid groups (broad SMARTS) is 1. The first-order valence-corrected chi connectivity index (χ1v) is 13.4. The minimum atomic E-state index is -0.924. The topological polar surface area (TPSA) is 96.7 Å². The summed E-state index contributed by atoms with van der Waals surface area (Å²) in [4.78, 5) is 31.6. The molecular formula is C28H40N4O4. The molecule has 0 radical (unpaired) electrons. The molecule has 0 saturated carbocycles. The van der Waals surface area contributed by atoms with Crippen molar-refractivity contribution in [2.75, 3.05) is 31.6 Å². The SMILES string of the molecule is CC(C)CCn1c(C(C(=O)O)N2CC[C@@H](OCCCCc3ccc4c(n3)NCCC4)C2)cccc1=O. The summed E-state index contributed by atoms with van der Waals surface area (Å²) in [5.41, 5.74) is 2.84. The van der Waals surface area contributed by atoms with Gasteiger partial charge in [-0.2, -0.15) is 0 Å². The molecule has 0 aliphatic carbocycles. The number of hydrogen-bond donors (Lipinski definition) is 2. The van der Waals surface area contributed by atoms with Gasteiger partial charge in [-0.1, -0.05) is 26.0 Å². The Morgan fingerprint density at radius 1 is 1.25 bits per heavy atom. The van der Waals surface area contributed by atoms with Crippen molar-refractivity contribution in [3.63, 3.8) is 0 Å². The highest BCUT2D eigenvalue weighted by atomic mass is 16.5. The van der Waals surface area contributed by atoms with Crippen LogP contribution in [0.4, 0.5) is 5.82 Å². The van der Waals surface area contributed by atoms with Crippen LogP contribution in [0.15, 0.2) is 35.1 Å². The van der Waals surface area contributed by atoms with Gasteiger partial charge in [0.2, 0.25) is 0 Å². The molecule has 8 nitrogen and oxygen atoms in total. The molecule has 2 aromatic rings. The molecule has 2 aliphatic rings. The van der Waals surface area contributed by atoms with Crippen LogP contribution in [0.25, 0.3) is 0 Å². The summed E-state index contributed by atoms with van der Waals surface area (Å²) in [5.74, 6) is 0.547. The third-order valence-corrected chi connectivity index (χ3v) is 7.20. The second-order valence-corrected chi connectivity index (χ2v) is 10.4. The average Bonchev–Trinajstić information content (AvgIpc) is 3.31. The van der Waals surface area contributed by atoms with Gasteiger partial charge in [-0.05, 0) is 68.6 Å². The molecular weight excluding hydrogens is 456 g/mol. The Morgan fingerprint density at radius 2 is 2.11 bits per heavy atom. The number of carbonyl (C=O) groups is 1. The standard InChI is InChI=1S/C28H40N4O4/c1-20(2)13-17-32-24(9-5-10-25(32)33)26(28(34)35)31-16-14-23(19-31)36-18-4-3-8-22-12-11-21-7-6-15-29-27(21)30-22/h5,9-12,20,23,26H,3-4,6-8,13-19H2,1-2H3,(H,29,30)(H,34,35)/t23-,26?/m1/s1. The minimum Gasteiger partial charge on any atom is -0.480 e. The fourth-order valence-electron chi connectivity index (χ4n) is 5.16. The highest BCUT2D eigenvalue weighted by Crippen LogP contribution is 2.27. The Bertz CT molecular complexity index is 1080. The predicted octanol–water partition coefficient (Wildman–Crippen LogP) is 3.89. The number of fused-ring (bicyclic) bond motifs is 1. The fourth-order valence-corrected chi connectivity index (χ4v) is 5.16. The van der Waals surface area contributed by atoms with Gasteiger partial charge >= 0.3 is 5.97 Å². The smallest absolute Gasteiger partial charge is 0.327 e. The van der Waals surface area contributed by atoms with E-state index in [1.54, 1.807) is 16.7 Å². The number of rotatable bonds is 12. The summed E-state index contributed by atoms with van der Waals surface area (Å²) in [6.07, 6.45) is 6.78. The number of hydrogen-bond acceptors (Lipinski definition) is 6. The van der Waals surface area contributed by atoms with Crippen LogP contribution in [0.5, 0.6) is 0 Å². The molecule has 4 heterocycles. The zero-order valence-electron chi connectivity index (χ0n) is 21.6. The highest BCUT2D eigenvalue weighted by molar-refractivity contribution is 5.75. The maximum atomic E-state index is 12.6. The normalized spacial score (nSPS) is 18.7. The van der Waals surface area contributed by atoms with Crippen LogP contribution < -0.4 is 10.9 Å². The molecule has 1 fully saturated rings. The van der Waals surface area contributed by atoms with Crippen molar-refractivity contribution in [3.8, 4) is 0 Å². The summed E-state index contributed by atoms with van der Waals surface area (Å²) >= 11 is 0. The van der Waals surface area contributed by atoms with Crippen molar-refractivity contribution in [2.24, 2.45) is 5.92 Å². The van der Waals surface area contributed by atoms with Crippen LogP contribution in [-0.2, 0) is 28.9 Å². The molecule has 1 unspecified atom stereocenters. The van der Waals surface area contributed by atoms with Crippen LogP contribution in [0.3, 0.4) is 0 Å². The van der Waals surface area contributed by atoms with E-state index in [1.165, 1.54) is 18.1 Å². The lowest BCUT2D eigenvalue weighted by molar-refractivity contribution is -0.143. The van der Waals surface area contributed by atoms with E-state index in [2.05, 4.69) is 31.3 Å². The molecule has 4 rings (SSSR count). The Labute approximate surface area is 213 Å². The Hall–Kier alpha value is -2.71. The number of ether oxygens (including phenoxy) is 1. The molecule has 8 heteroatoms. The van der Waals surface area contributed by atoms with Crippen molar-refractivity contribution >= 4 is 11.8 Å². The van der Waals surface area contributed by atoms with Gasteiger partial charge in [-0.15, -0.1) is 0 Å². The molecule has 2 aliphatic heterocycles. The van der Waals surface area contributed by atoms with Gasteiger partial charge in [0.05, 0.1) is 6.10 Å². The number of aliphatic carboxylic acids is 1. The number of carboxylic acids is 1. The van der Waals surface area contributed by atoms with E-state index < -0.39 is 12.0 Å². The van der Waals surface area contributed by atoms with Gasteiger partial charge in [0.15, 0.2) is 0 Å². The number of aromatic nitrogens is 2. The third-order valence-electron chi connectivity index (χ3n) is 7.20. The van der Waals surface area contributed by atoms with E-state index in [-0.39, 0.29) is 11.7 Å². The number of likely N-dealkylation sites (tertiary alicyclic amines) is 1. The van der Waals surface area contributed by atoms with Gasteiger partial charge in [-0.3, -0.25) is 14.5 Å². The van der Waals surface area contributed by atoms with E-state index >= 15 is 0 Å². The van der Waals surface area contributed by atoms with Gasteiger partial charge in [-0.25, -0.2) is 4.98 Å². The van der Waals surface area contributed by atoms with Crippen LogP contribution >= 0.6 is 0 Å². The summed E-state index contributed by atoms with van der Waals surface area (Å²) < 4.78 is 7.76. The molecule has 1 saturated heterocycles. The average molecular weight is 497 g/mol. The zero-order valence-corrected chi connectivity index (χ0v) is 21.6. The van der Waals surface area contributed by atoms with Crippen molar-refractivity contribution in [2.45, 2.75) is 77.5 Å². The minimum absolute atomic E-state index is 0.0115. The van der Waals surface area contributed by atoms with Crippen LogP contribution in [0.1, 0.15) is 68.9 Å². The first kappa shape index (κ1) is 26.4. The third kappa shape index (κ3) is 6.73. The molecule has 36 heavy (non-hydrogen) atoms. The lowest BCUT2D eigenvalue weighted by atomic mass is 10.1. The predicted molar refractivity (Wildman–Crippen MR) is 140 cm³/mol. The van der Waals surface area contributed by atoms with Crippen molar-refractivity contribution < 1.29 is 14.6 Å². The number of unbranched alkanes of at least 4 members (excludes halogenated alkanes) is 1. The monoisotopic (exact) mass is 496 g/mol. The van der Waals surface area contributed by atoms with E-state index in [1.807, 2.05) is 4.90 Å². The van der Waals surface area contributed by atoms with Crippen LogP contribution in [0, 0.1) is 5.92 Å². The quantitative estimate of drug-likeness (QED) is 0.430. The largest absolute Gasteiger partial charge is 0.480 e. The van der Waals surface area contributed by atoms with E-state index in [9.17, 15) is 14.7 Å². The second kappa shape index (κ2) is 12.5. The first-order valence-electron chi connectivity index (χ1n) is 13.4. The van der Waals surface area contributed by atoms with Crippen molar-refractivity contribution in [1.29, 1.82) is 0 Å². The zero-order chi connectivity index (χ0) is 25.5. The molecule has 2 aromatic heterocycles. The van der Waals surface area contributed by atoms with Crippen LogP contribution in [-0.4, -0.2) is 57.9 Å². The molecule has 0 aromatic carbocycles. The van der Waals surface area contributed by atoms with Crippen molar-refractivity contribution in [3.05, 3.63) is 57.6 Å². The van der Waals surface area contributed by atoms with Gasteiger partial charge in [0, 0.05) is 50.2 Å². The van der Waals surface area contributed by atoms with Crippen molar-refractivity contribution in [1.82, 2.24) is 14.5 Å². The number of nitrogens with zero attached hydrogens (tertiary/aromatic N) is 3. The van der Waals surface area contributed by atoms with Crippen LogP contribution in [0.2, 0.25) is 0 Å². The highest BCUT2D eigenvalue weighted by Gasteiger charge is 2.35. The molecule has 0 amide bonds. The number of anilines is 1. The summed E-state index contributed by atoms with van der Waals surface area (Å²) in [5, 5.41) is 13.5. The molecule has 196 valence electrons. The molecule has 0 spiro atoms. The van der Waals surface area contributed by atoms with Gasteiger partial charge in [0.25, 0.3) is 5.56 Å². The number of aryl methyl sites for hydroxylation is 2.